The van der Waals surface area contributed by atoms with E-state index in [2.05, 4.69) is 40.6 Å². The summed E-state index contributed by atoms with van der Waals surface area (Å²) in [6.45, 7) is 0. The number of anilines is 1. The van der Waals surface area contributed by atoms with Crippen LogP contribution in [0.3, 0.4) is 0 Å². The van der Waals surface area contributed by atoms with Crippen LogP contribution in [0.1, 0.15) is 17.4 Å². The van der Waals surface area contributed by atoms with Crippen LogP contribution < -0.4 is 20.3 Å². The summed E-state index contributed by atoms with van der Waals surface area (Å²) in [6, 6.07) is 11.7. The van der Waals surface area contributed by atoms with Crippen LogP contribution in [0, 0.1) is 11.3 Å². The van der Waals surface area contributed by atoms with Gasteiger partial charge in [0.1, 0.15) is 29.0 Å². The Balaban J connectivity index is 1.62. The van der Waals surface area contributed by atoms with E-state index in [-0.39, 0.29) is 45.4 Å². The molecule has 14 nitrogen and oxygen atoms in total. The van der Waals surface area contributed by atoms with E-state index in [0.717, 1.165) is 0 Å². The number of aromatic amines is 1. The maximum atomic E-state index is 13.7. The Morgan fingerprint density at radius 3 is 2.63 bits per heavy atom. The zero-order valence-electron chi connectivity index (χ0n) is 21.4. The Morgan fingerprint density at radius 1 is 1.15 bits per heavy atom. The Kier molecular flexibility index (Phi) is 7.61. The maximum absolute atomic E-state index is 13.7. The second-order valence-corrected chi connectivity index (χ2v) is 8.62. The highest BCUT2D eigenvalue weighted by Gasteiger charge is 2.26. The van der Waals surface area contributed by atoms with Crippen molar-refractivity contribution in [2.24, 2.45) is 10.2 Å². The number of fused-ring (bicyclic) bond motifs is 1. The number of para-hydroxylation sites is 1. The minimum Gasteiger partial charge on any atom is -0.495 e. The van der Waals surface area contributed by atoms with Gasteiger partial charge in [0, 0.05) is 24.5 Å². The van der Waals surface area contributed by atoms with Crippen molar-refractivity contribution in [2.45, 2.75) is 6.04 Å². The van der Waals surface area contributed by atoms with E-state index in [4.69, 9.17) is 21.1 Å². The SMILES string of the molecule is COc1cc(NC(=O)C(N=Nc2c(C#N)cnn2-c2ncccn2)c2nc3ccccc3c(=O)[nH]2)c(OC)cc1Cl. The van der Waals surface area contributed by atoms with E-state index in [1.165, 1.54) is 49.6 Å². The molecule has 2 N–H and O–H groups in total. The fraction of sp³-hybridized carbons (Fsp3) is 0.115. The lowest BCUT2D eigenvalue weighted by atomic mass is 10.2. The molecule has 0 radical (unpaired) electrons. The minimum atomic E-state index is -1.50. The highest BCUT2D eigenvalue weighted by molar-refractivity contribution is 6.32. The van der Waals surface area contributed by atoms with Gasteiger partial charge in [0.25, 0.3) is 17.4 Å². The number of azo groups is 1. The topological polar surface area (TPSA) is 185 Å². The van der Waals surface area contributed by atoms with E-state index in [9.17, 15) is 14.9 Å². The van der Waals surface area contributed by atoms with Gasteiger partial charge in [-0.15, -0.1) is 5.11 Å². The van der Waals surface area contributed by atoms with E-state index in [0.29, 0.717) is 10.9 Å². The van der Waals surface area contributed by atoms with Gasteiger partial charge >= 0.3 is 0 Å². The maximum Gasteiger partial charge on any atom is 0.259 e. The molecule has 15 heteroatoms. The molecule has 0 aliphatic heterocycles. The fourth-order valence-electron chi connectivity index (χ4n) is 3.80. The van der Waals surface area contributed by atoms with Crippen LogP contribution in [0.25, 0.3) is 16.9 Å². The summed E-state index contributed by atoms with van der Waals surface area (Å²) < 4.78 is 11.8. The molecule has 0 fully saturated rings. The lowest BCUT2D eigenvalue weighted by Crippen LogP contribution is -2.24. The highest BCUT2D eigenvalue weighted by Crippen LogP contribution is 2.36. The first-order valence-corrected chi connectivity index (χ1v) is 12.2. The van der Waals surface area contributed by atoms with Crippen molar-refractivity contribution >= 4 is 39.9 Å². The van der Waals surface area contributed by atoms with Gasteiger partial charge in [0.2, 0.25) is 6.04 Å². The monoisotopic (exact) mass is 570 g/mol. The number of H-pyrrole nitrogens is 1. The number of halogens is 1. The summed E-state index contributed by atoms with van der Waals surface area (Å²) in [5, 5.41) is 25.4. The van der Waals surface area contributed by atoms with Gasteiger partial charge in [-0.05, 0) is 18.2 Å². The molecule has 1 amide bonds. The number of nitriles is 1. The number of carbonyl (C=O) groups is 1. The molecule has 3 heterocycles. The van der Waals surface area contributed by atoms with Crippen molar-refractivity contribution in [1.82, 2.24) is 29.7 Å². The van der Waals surface area contributed by atoms with Gasteiger partial charge in [0.05, 0.1) is 42.0 Å². The van der Waals surface area contributed by atoms with E-state index < -0.39 is 17.5 Å². The van der Waals surface area contributed by atoms with Crippen molar-refractivity contribution in [2.75, 3.05) is 19.5 Å². The fourth-order valence-corrected chi connectivity index (χ4v) is 4.03. The summed E-state index contributed by atoms with van der Waals surface area (Å²) in [7, 11) is 2.83. The number of amides is 1. The molecule has 0 bridgehead atoms. The number of hydrogen-bond donors (Lipinski definition) is 2. The molecular formula is C26H19ClN10O4. The van der Waals surface area contributed by atoms with Gasteiger partial charge < -0.3 is 19.8 Å². The summed E-state index contributed by atoms with van der Waals surface area (Å²) >= 11 is 6.20. The lowest BCUT2D eigenvalue weighted by Gasteiger charge is -2.16. The van der Waals surface area contributed by atoms with Gasteiger partial charge in [-0.2, -0.15) is 20.2 Å². The van der Waals surface area contributed by atoms with Crippen molar-refractivity contribution in [3.63, 3.8) is 0 Å². The number of benzene rings is 2. The third-order valence-electron chi connectivity index (χ3n) is 5.74. The van der Waals surface area contributed by atoms with Crippen molar-refractivity contribution in [3.8, 4) is 23.5 Å². The predicted octanol–water partition coefficient (Wildman–Crippen LogP) is 3.90. The molecule has 0 saturated carbocycles. The minimum absolute atomic E-state index is 0.0367. The molecule has 5 aromatic rings. The smallest absolute Gasteiger partial charge is 0.259 e. The summed E-state index contributed by atoms with van der Waals surface area (Å²) in [6.07, 6.45) is 4.25. The molecule has 0 spiro atoms. The number of nitrogens with one attached hydrogen (secondary N) is 2. The molecule has 5 rings (SSSR count). The van der Waals surface area contributed by atoms with Crippen LogP contribution in [0.5, 0.6) is 11.5 Å². The predicted molar refractivity (Wildman–Crippen MR) is 147 cm³/mol. The third-order valence-corrected chi connectivity index (χ3v) is 6.04. The van der Waals surface area contributed by atoms with Gasteiger partial charge in [-0.1, -0.05) is 23.7 Å². The summed E-state index contributed by atoms with van der Waals surface area (Å²) in [4.78, 5) is 41.9. The average Bonchev–Trinajstić information content (AvgIpc) is 3.41. The molecule has 41 heavy (non-hydrogen) atoms. The first-order valence-electron chi connectivity index (χ1n) is 11.8. The second-order valence-electron chi connectivity index (χ2n) is 8.22. The molecule has 1 unspecified atom stereocenters. The van der Waals surface area contributed by atoms with Crippen LogP contribution in [-0.4, -0.2) is 49.8 Å². The van der Waals surface area contributed by atoms with Gasteiger partial charge in [0.15, 0.2) is 5.82 Å². The largest absolute Gasteiger partial charge is 0.495 e. The number of hydrogen-bond acceptors (Lipinski definition) is 11. The number of aromatic nitrogens is 6. The Labute approximate surface area is 236 Å². The van der Waals surface area contributed by atoms with Crippen LogP contribution >= 0.6 is 11.6 Å². The van der Waals surface area contributed by atoms with Crippen molar-refractivity contribution in [1.29, 1.82) is 5.26 Å². The highest BCUT2D eigenvalue weighted by atomic mass is 35.5. The second kappa shape index (κ2) is 11.6. The number of nitrogens with zero attached hydrogens (tertiary/aromatic N) is 8. The number of methoxy groups -OCH3 is 2. The van der Waals surface area contributed by atoms with E-state index in [1.807, 2.05) is 6.07 Å². The Bertz CT molecular complexity index is 1880. The zero-order chi connectivity index (χ0) is 28.9. The number of rotatable bonds is 8. The first kappa shape index (κ1) is 26.9. The normalized spacial score (nSPS) is 11.8. The average molecular weight is 571 g/mol. The molecule has 0 saturated heterocycles. The lowest BCUT2D eigenvalue weighted by molar-refractivity contribution is -0.117. The summed E-state index contributed by atoms with van der Waals surface area (Å²) in [5.41, 5.74) is 0.113. The molecule has 1 atom stereocenters. The molecular weight excluding hydrogens is 552 g/mol. The van der Waals surface area contributed by atoms with Crippen LogP contribution in [-0.2, 0) is 4.79 Å². The standard InChI is InChI=1S/C26H19ClN10O4/c1-40-19-11-18(20(41-2)10-16(19)27)33-25(39)21(22-32-17-7-4-3-6-15(17)24(38)34-22)35-36-23-14(12-28)13-31-37(23)26-29-8-5-9-30-26/h3-11,13,21H,1-2H3,(H,33,39)(H,32,34,38). The number of carbonyl (C=O) groups excluding carboxylic acids is 1. The first-order chi connectivity index (χ1) is 19.9. The molecule has 204 valence electrons. The van der Waals surface area contributed by atoms with Gasteiger partial charge in [-0.3, -0.25) is 9.59 Å². The van der Waals surface area contributed by atoms with E-state index >= 15 is 0 Å². The third kappa shape index (κ3) is 5.42. The van der Waals surface area contributed by atoms with Crippen molar-refractivity contribution in [3.05, 3.63) is 87.8 Å². The Hall–Kier alpha value is -5.68. The van der Waals surface area contributed by atoms with Gasteiger partial charge in [-0.25, -0.2) is 15.0 Å². The number of ether oxygens (including phenoxy) is 2. The van der Waals surface area contributed by atoms with E-state index in [1.54, 1.807) is 30.3 Å². The summed E-state index contributed by atoms with van der Waals surface area (Å²) in [5.74, 6) is -0.232. The van der Waals surface area contributed by atoms with Crippen LogP contribution in [0.4, 0.5) is 11.5 Å². The Morgan fingerprint density at radius 2 is 1.90 bits per heavy atom. The molecule has 0 aliphatic rings. The molecule has 0 aliphatic carbocycles. The van der Waals surface area contributed by atoms with Crippen LogP contribution in [0.15, 0.2) is 76.1 Å². The quantitative estimate of drug-likeness (QED) is 0.261. The zero-order valence-corrected chi connectivity index (χ0v) is 22.2. The molecule has 2 aromatic carbocycles. The van der Waals surface area contributed by atoms with Crippen molar-refractivity contribution < 1.29 is 14.3 Å². The van der Waals surface area contributed by atoms with Crippen LogP contribution in [0.2, 0.25) is 5.02 Å². The molecule has 3 aromatic heterocycles.